The normalized spacial score (nSPS) is 11.6. The highest BCUT2D eigenvalue weighted by molar-refractivity contribution is 7.93. The highest BCUT2D eigenvalue weighted by atomic mass is 32.2. The third-order valence-corrected chi connectivity index (χ3v) is 4.83. The number of benzene rings is 1. The predicted molar refractivity (Wildman–Crippen MR) is 83.7 cm³/mol. The number of aromatic amines is 1. The third kappa shape index (κ3) is 3.18. The van der Waals surface area contributed by atoms with Crippen LogP contribution in [-0.4, -0.2) is 18.6 Å². The first-order valence-corrected chi connectivity index (χ1v) is 8.26. The summed E-state index contributed by atoms with van der Waals surface area (Å²) < 4.78 is 27.5. The second kappa shape index (κ2) is 5.77. The van der Waals surface area contributed by atoms with E-state index >= 15 is 0 Å². The molecule has 1 aromatic carbocycles. The molecular formula is C14H20N4O2S. The van der Waals surface area contributed by atoms with E-state index in [0.29, 0.717) is 5.56 Å². The quantitative estimate of drug-likeness (QED) is 0.738. The highest BCUT2D eigenvalue weighted by Crippen LogP contribution is 2.27. The molecule has 0 spiro atoms. The average molecular weight is 308 g/mol. The molecule has 21 heavy (non-hydrogen) atoms. The van der Waals surface area contributed by atoms with Gasteiger partial charge in [-0.15, -0.1) is 0 Å². The smallest absolute Gasteiger partial charge is 0.265 e. The van der Waals surface area contributed by atoms with Gasteiger partial charge in [-0.2, -0.15) is 5.10 Å². The van der Waals surface area contributed by atoms with Gasteiger partial charge in [0.25, 0.3) is 10.0 Å². The van der Waals surface area contributed by atoms with Gasteiger partial charge in [-0.3, -0.25) is 9.82 Å². The fourth-order valence-electron chi connectivity index (χ4n) is 2.16. The van der Waals surface area contributed by atoms with E-state index in [2.05, 4.69) is 14.9 Å². The molecular weight excluding hydrogens is 288 g/mol. The van der Waals surface area contributed by atoms with Crippen molar-refractivity contribution in [2.24, 2.45) is 0 Å². The molecule has 0 bridgehead atoms. The van der Waals surface area contributed by atoms with Gasteiger partial charge in [0.15, 0.2) is 5.82 Å². The van der Waals surface area contributed by atoms with Crippen LogP contribution >= 0.6 is 0 Å². The minimum Gasteiger partial charge on any atom is -0.397 e. The lowest BCUT2D eigenvalue weighted by Gasteiger charge is -2.12. The Hall–Kier alpha value is -2.02. The van der Waals surface area contributed by atoms with Crippen LogP contribution < -0.4 is 10.5 Å². The van der Waals surface area contributed by atoms with E-state index in [1.165, 1.54) is 0 Å². The highest BCUT2D eigenvalue weighted by Gasteiger charge is 2.22. The molecule has 0 aliphatic carbocycles. The van der Waals surface area contributed by atoms with Crippen LogP contribution in [0, 0.1) is 13.8 Å². The molecule has 7 heteroatoms. The number of sulfonamides is 1. The van der Waals surface area contributed by atoms with Crippen LogP contribution in [0.15, 0.2) is 23.1 Å². The molecule has 1 aromatic heterocycles. The Morgan fingerprint density at radius 2 is 1.95 bits per heavy atom. The van der Waals surface area contributed by atoms with Gasteiger partial charge < -0.3 is 5.73 Å². The van der Waals surface area contributed by atoms with Crippen LogP contribution in [0.2, 0.25) is 0 Å². The van der Waals surface area contributed by atoms with Crippen molar-refractivity contribution < 1.29 is 8.42 Å². The largest absolute Gasteiger partial charge is 0.397 e. The van der Waals surface area contributed by atoms with Crippen LogP contribution in [0.3, 0.4) is 0 Å². The molecule has 2 aromatic rings. The zero-order chi connectivity index (χ0) is 15.6. The van der Waals surface area contributed by atoms with Crippen LogP contribution in [0.25, 0.3) is 0 Å². The van der Waals surface area contributed by atoms with Crippen molar-refractivity contribution in [3.63, 3.8) is 0 Å². The van der Waals surface area contributed by atoms with Crippen molar-refractivity contribution in [1.29, 1.82) is 0 Å². The Bertz CT molecular complexity index is 750. The maximum absolute atomic E-state index is 12.5. The molecule has 0 atom stereocenters. The van der Waals surface area contributed by atoms with Crippen LogP contribution in [-0.2, 0) is 16.4 Å². The Balaban J connectivity index is 2.36. The monoisotopic (exact) mass is 308 g/mol. The van der Waals surface area contributed by atoms with Crippen LogP contribution in [0.1, 0.15) is 30.2 Å². The van der Waals surface area contributed by atoms with E-state index in [1.54, 1.807) is 32.0 Å². The van der Waals surface area contributed by atoms with Crippen LogP contribution in [0.4, 0.5) is 11.5 Å². The van der Waals surface area contributed by atoms with E-state index in [9.17, 15) is 8.42 Å². The molecule has 0 amide bonds. The van der Waals surface area contributed by atoms with Crippen molar-refractivity contribution in [1.82, 2.24) is 10.2 Å². The first-order valence-electron chi connectivity index (χ1n) is 6.78. The van der Waals surface area contributed by atoms with Crippen molar-refractivity contribution in [2.45, 2.75) is 38.5 Å². The summed E-state index contributed by atoms with van der Waals surface area (Å²) in [5.74, 6) is 0.277. The second-order valence-electron chi connectivity index (χ2n) is 5.08. The van der Waals surface area contributed by atoms with Gasteiger partial charge in [-0.05, 0) is 31.4 Å². The van der Waals surface area contributed by atoms with Gasteiger partial charge in [0.2, 0.25) is 0 Å². The summed E-state index contributed by atoms with van der Waals surface area (Å²) in [5.41, 5.74) is 8.43. The summed E-state index contributed by atoms with van der Waals surface area (Å²) in [7, 11) is -3.76. The molecule has 0 saturated heterocycles. The van der Waals surface area contributed by atoms with Crippen molar-refractivity contribution >= 4 is 21.5 Å². The molecule has 2 rings (SSSR count). The van der Waals surface area contributed by atoms with Gasteiger partial charge in [0, 0.05) is 11.8 Å². The minimum atomic E-state index is -3.76. The van der Waals surface area contributed by atoms with E-state index < -0.39 is 10.0 Å². The Kier molecular flexibility index (Phi) is 4.22. The van der Waals surface area contributed by atoms with Crippen molar-refractivity contribution in [2.75, 3.05) is 10.5 Å². The molecule has 0 fully saturated rings. The number of anilines is 2. The molecule has 0 aliphatic heterocycles. The van der Waals surface area contributed by atoms with Gasteiger partial charge in [-0.25, -0.2) is 8.42 Å². The lowest BCUT2D eigenvalue weighted by molar-refractivity contribution is 0.600. The standard InChI is InChI=1S/C14H20N4O2S/c1-4-5-11-8-12(17-16-11)18-21(19,20)14-10(3)7-6-9(2)13(14)15/h6-8H,4-5,15H2,1-3H3,(H2,16,17,18). The summed E-state index contributed by atoms with van der Waals surface area (Å²) in [6.07, 6.45) is 1.78. The fraction of sp³-hybridized carbons (Fsp3) is 0.357. The summed E-state index contributed by atoms with van der Waals surface area (Å²) in [6, 6.07) is 5.24. The van der Waals surface area contributed by atoms with Crippen molar-refractivity contribution in [3.05, 3.63) is 35.0 Å². The van der Waals surface area contributed by atoms with E-state index in [1.807, 2.05) is 6.92 Å². The number of nitrogens with zero attached hydrogens (tertiary/aromatic N) is 1. The van der Waals surface area contributed by atoms with Gasteiger partial charge in [0.1, 0.15) is 4.90 Å². The molecule has 114 valence electrons. The van der Waals surface area contributed by atoms with Crippen LogP contribution in [0.5, 0.6) is 0 Å². The summed E-state index contributed by atoms with van der Waals surface area (Å²) in [4.78, 5) is 0.113. The maximum atomic E-state index is 12.5. The predicted octanol–water partition coefficient (Wildman–Crippen LogP) is 2.36. The summed E-state index contributed by atoms with van der Waals surface area (Å²) in [5, 5.41) is 6.78. The Morgan fingerprint density at radius 3 is 2.62 bits per heavy atom. The molecule has 4 N–H and O–H groups in total. The molecule has 0 unspecified atom stereocenters. The fourth-order valence-corrected chi connectivity index (χ4v) is 3.59. The second-order valence-corrected chi connectivity index (χ2v) is 6.70. The molecule has 0 aliphatic rings. The lowest BCUT2D eigenvalue weighted by Crippen LogP contribution is -2.17. The topological polar surface area (TPSA) is 101 Å². The molecule has 0 radical (unpaired) electrons. The number of nitrogens with one attached hydrogen (secondary N) is 2. The van der Waals surface area contributed by atoms with E-state index in [-0.39, 0.29) is 16.4 Å². The molecule has 0 saturated carbocycles. The summed E-state index contributed by atoms with van der Waals surface area (Å²) in [6.45, 7) is 5.54. The number of H-pyrrole nitrogens is 1. The number of nitrogen functional groups attached to an aromatic ring is 1. The molecule has 1 heterocycles. The number of nitrogens with two attached hydrogens (primary N) is 1. The number of hydrogen-bond donors (Lipinski definition) is 3. The maximum Gasteiger partial charge on any atom is 0.265 e. The lowest BCUT2D eigenvalue weighted by atomic mass is 10.1. The van der Waals surface area contributed by atoms with Crippen molar-refractivity contribution in [3.8, 4) is 0 Å². The van der Waals surface area contributed by atoms with Gasteiger partial charge in [0.05, 0.1) is 5.69 Å². The Morgan fingerprint density at radius 1 is 1.29 bits per heavy atom. The summed E-state index contributed by atoms with van der Waals surface area (Å²) >= 11 is 0. The minimum absolute atomic E-state index is 0.113. The zero-order valence-corrected chi connectivity index (χ0v) is 13.2. The van der Waals surface area contributed by atoms with E-state index in [0.717, 1.165) is 24.1 Å². The number of rotatable bonds is 5. The van der Waals surface area contributed by atoms with E-state index in [4.69, 9.17) is 5.73 Å². The third-order valence-electron chi connectivity index (χ3n) is 3.27. The average Bonchev–Trinajstić information content (AvgIpc) is 2.81. The number of hydrogen-bond acceptors (Lipinski definition) is 4. The van der Waals surface area contributed by atoms with Gasteiger partial charge >= 0.3 is 0 Å². The first kappa shape index (κ1) is 15.4. The molecule has 6 nitrogen and oxygen atoms in total. The SMILES string of the molecule is CCCc1cc(NS(=O)(=O)c2c(C)ccc(C)c2N)n[nH]1. The number of aromatic nitrogens is 2. The first-order chi connectivity index (χ1) is 9.85. The van der Waals surface area contributed by atoms with Gasteiger partial charge in [-0.1, -0.05) is 25.5 Å². The Labute approximate surface area is 124 Å². The zero-order valence-electron chi connectivity index (χ0n) is 12.4. The number of aryl methyl sites for hydroxylation is 3.